The zero-order valence-corrected chi connectivity index (χ0v) is 6.69. The third kappa shape index (κ3) is 1.06. The van der Waals surface area contributed by atoms with Gasteiger partial charge in [-0.1, -0.05) is 0 Å². The first-order valence-corrected chi connectivity index (χ1v) is 3.59. The van der Waals surface area contributed by atoms with Crippen LogP contribution in [-0.2, 0) is 0 Å². The van der Waals surface area contributed by atoms with Gasteiger partial charge in [0.2, 0.25) is 0 Å². The van der Waals surface area contributed by atoms with Crippen LogP contribution >= 0.6 is 0 Å². The molecule has 72 valence electrons. The molecule has 0 saturated heterocycles. The molecular weight excluding hydrogens is 193 g/mol. The highest BCUT2D eigenvalue weighted by molar-refractivity contribution is 5.86. The molecule has 0 aliphatic rings. The Labute approximate surface area is 75.6 Å². The van der Waals surface area contributed by atoms with E-state index < -0.39 is 17.3 Å². The number of fused-ring (bicyclic) bond motifs is 1. The summed E-state index contributed by atoms with van der Waals surface area (Å²) in [6, 6.07) is 0.835. The number of hydrogen-bond acceptors (Lipinski definition) is 3. The minimum Gasteiger partial charge on any atom is -0.477 e. The Morgan fingerprint density at radius 2 is 2.36 bits per heavy atom. The van der Waals surface area contributed by atoms with Crippen molar-refractivity contribution in [3.8, 4) is 0 Å². The molecule has 2 N–H and O–H groups in total. The second kappa shape index (κ2) is 2.66. The van der Waals surface area contributed by atoms with Crippen molar-refractivity contribution < 1.29 is 14.3 Å². The molecule has 0 aromatic carbocycles. The second-order valence-electron chi connectivity index (χ2n) is 2.58. The summed E-state index contributed by atoms with van der Waals surface area (Å²) in [4.78, 5) is 23.7. The number of carboxylic acids is 1. The van der Waals surface area contributed by atoms with Crippen molar-refractivity contribution in [2.45, 2.75) is 0 Å². The molecule has 0 aliphatic heterocycles. The second-order valence-corrected chi connectivity index (χ2v) is 2.58. The minimum absolute atomic E-state index is 0.255. The number of H-pyrrole nitrogens is 1. The van der Waals surface area contributed by atoms with Crippen LogP contribution in [0, 0.1) is 5.82 Å². The quantitative estimate of drug-likeness (QED) is 0.666. The van der Waals surface area contributed by atoms with Crippen molar-refractivity contribution >= 4 is 11.6 Å². The number of carboxylic acid groups (broad SMARTS) is 1. The van der Waals surface area contributed by atoms with Crippen molar-refractivity contribution in [2.24, 2.45) is 0 Å². The normalized spacial score (nSPS) is 10.6. The van der Waals surface area contributed by atoms with E-state index >= 15 is 0 Å². The Bertz CT molecular complexity index is 571. The monoisotopic (exact) mass is 197 g/mol. The van der Waals surface area contributed by atoms with E-state index in [0.717, 1.165) is 16.8 Å². The molecule has 2 heterocycles. The third-order valence-electron chi connectivity index (χ3n) is 1.68. The van der Waals surface area contributed by atoms with Crippen LogP contribution in [0.3, 0.4) is 0 Å². The van der Waals surface area contributed by atoms with Gasteiger partial charge in [-0.25, -0.2) is 13.7 Å². The van der Waals surface area contributed by atoms with Crippen LogP contribution in [-0.4, -0.2) is 25.7 Å². The molecule has 0 saturated carbocycles. The summed E-state index contributed by atoms with van der Waals surface area (Å²) in [7, 11) is 0. The lowest BCUT2D eigenvalue weighted by Gasteiger charge is -1.97. The zero-order chi connectivity index (χ0) is 10.3. The van der Waals surface area contributed by atoms with Crippen molar-refractivity contribution in [2.75, 3.05) is 0 Å². The van der Waals surface area contributed by atoms with Gasteiger partial charge in [0.1, 0.15) is 0 Å². The van der Waals surface area contributed by atoms with Gasteiger partial charge in [0.05, 0.1) is 6.20 Å². The molecule has 14 heavy (non-hydrogen) atoms. The first-order chi connectivity index (χ1) is 6.59. The van der Waals surface area contributed by atoms with E-state index in [-0.39, 0.29) is 11.3 Å². The smallest absolute Gasteiger partial charge is 0.354 e. The molecule has 2 rings (SSSR count). The SMILES string of the molecule is O=C(O)c1cc(=O)[nH]c2c(F)cnn12. The molecule has 0 radical (unpaired) electrons. The maximum absolute atomic E-state index is 12.9. The molecule has 6 nitrogen and oxygen atoms in total. The van der Waals surface area contributed by atoms with Crippen molar-refractivity contribution in [1.29, 1.82) is 0 Å². The molecule has 0 atom stereocenters. The Hall–Kier alpha value is -2.18. The molecular formula is C7H4FN3O3. The van der Waals surface area contributed by atoms with Crippen LogP contribution in [0.25, 0.3) is 5.65 Å². The number of aromatic amines is 1. The summed E-state index contributed by atoms with van der Waals surface area (Å²) in [5.41, 5.74) is -1.32. The highest BCUT2D eigenvalue weighted by Gasteiger charge is 2.13. The first kappa shape index (κ1) is 8.42. The summed E-state index contributed by atoms with van der Waals surface area (Å²) in [6.07, 6.45) is 0.831. The lowest BCUT2D eigenvalue weighted by atomic mass is 10.4. The molecule has 0 fully saturated rings. The Morgan fingerprint density at radius 1 is 1.64 bits per heavy atom. The number of aromatic nitrogens is 3. The third-order valence-corrected chi connectivity index (χ3v) is 1.68. The average Bonchev–Trinajstić information content (AvgIpc) is 2.47. The lowest BCUT2D eigenvalue weighted by Crippen LogP contribution is -2.15. The van der Waals surface area contributed by atoms with Crippen LogP contribution in [0.2, 0.25) is 0 Å². The largest absolute Gasteiger partial charge is 0.477 e. The van der Waals surface area contributed by atoms with E-state index in [1.165, 1.54) is 0 Å². The van der Waals surface area contributed by atoms with E-state index in [1.807, 2.05) is 0 Å². The summed E-state index contributed by atoms with van der Waals surface area (Å²) in [6.45, 7) is 0. The fraction of sp³-hybridized carbons (Fsp3) is 0. The number of nitrogens with zero attached hydrogens (tertiary/aromatic N) is 2. The van der Waals surface area contributed by atoms with E-state index in [9.17, 15) is 14.0 Å². The van der Waals surface area contributed by atoms with Gasteiger partial charge in [-0.15, -0.1) is 0 Å². The maximum atomic E-state index is 12.9. The number of aromatic carboxylic acids is 1. The van der Waals surface area contributed by atoms with E-state index in [4.69, 9.17) is 5.11 Å². The molecule has 2 aromatic heterocycles. The van der Waals surface area contributed by atoms with E-state index in [1.54, 1.807) is 0 Å². The average molecular weight is 197 g/mol. The van der Waals surface area contributed by atoms with Gasteiger partial charge in [0.15, 0.2) is 17.2 Å². The number of rotatable bonds is 1. The number of carbonyl (C=O) groups is 1. The lowest BCUT2D eigenvalue weighted by molar-refractivity contribution is 0.0687. The molecule has 2 aromatic rings. The van der Waals surface area contributed by atoms with Crippen molar-refractivity contribution in [3.63, 3.8) is 0 Å². The fourth-order valence-electron chi connectivity index (χ4n) is 1.11. The van der Waals surface area contributed by atoms with Crippen LogP contribution in [0.15, 0.2) is 17.1 Å². The predicted molar refractivity (Wildman–Crippen MR) is 42.7 cm³/mol. The number of nitrogens with one attached hydrogen (secondary N) is 1. The summed E-state index contributed by atoms with van der Waals surface area (Å²) < 4.78 is 13.7. The highest BCUT2D eigenvalue weighted by atomic mass is 19.1. The van der Waals surface area contributed by atoms with Gasteiger partial charge in [-0.3, -0.25) is 4.79 Å². The zero-order valence-electron chi connectivity index (χ0n) is 6.69. The fourth-order valence-corrected chi connectivity index (χ4v) is 1.11. The van der Waals surface area contributed by atoms with E-state index in [2.05, 4.69) is 10.1 Å². The van der Waals surface area contributed by atoms with Gasteiger partial charge < -0.3 is 10.1 Å². The molecule has 0 amide bonds. The summed E-state index contributed by atoms with van der Waals surface area (Å²) in [5, 5.41) is 12.2. The van der Waals surface area contributed by atoms with Gasteiger partial charge >= 0.3 is 5.97 Å². The Kier molecular flexibility index (Phi) is 1.60. The summed E-state index contributed by atoms with van der Waals surface area (Å²) >= 11 is 0. The van der Waals surface area contributed by atoms with Gasteiger partial charge in [-0.2, -0.15) is 5.10 Å². The van der Waals surface area contributed by atoms with Gasteiger partial charge in [-0.05, 0) is 0 Å². The molecule has 7 heteroatoms. The van der Waals surface area contributed by atoms with Gasteiger partial charge in [0, 0.05) is 6.07 Å². The summed E-state index contributed by atoms with van der Waals surface area (Å²) in [5.74, 6) is -2.12. The number of hydrogen-bond donors (Lipinski definition) is 2. The topological polar surface area (TPSA) is 87.5 Å². The molecule has 0 spiro atoms. The van der Waals surface area contributed by atoms with Crippen molar-refractivity contribution in [1.82, 2.24) is 14.6 Å². The standard InChI is InChI=1S/C7H4FN3O3/c8-3-2-9-11-4(7(13)14)1-5(12)10-6(3)11/h1-2H,(H,10,12)(H,13,14). The van der Waals surface area contributed by atoms with Crippen LogP contribution in [0.5, 0.6) is 0 Å². The highest BCUT2D eigenvalue weighted by Crippen LogP contribution is 2.05. The van der Waals surface area contributed by atoms with Crippen LogP contribution in [0.1, 0.15) is 10.5 Å². The Morgan fingerprint density at radius 3 is 3.00 bits per heavy atom. The molecule has 0 aliphatic carbocycles. The predicted octanol–water partition coefficient (Wildman–Crippen LogP) is -0.140. The van der Waals surface area contributed by atoms with Gasteiger partial charge in [0.25, 0.3) is 5.56 Å². The maximum Gasteiger partial charge on any atom is 0.354 e. The van der Waals surface area contributed by atoms with Crippen LogP contribution in [0.4, 0.5) is 4.39 Å². The Balaban J connectivity index is 2.96. The molecule has 0 bridgehead atoms. The minimum atomic E-state index is -1.34. The first-order valence-electron chi connectivity index (χ1n) is 3.59. The molecule has 0 unspecified atom stereocenters. The van der Waals surface area contributed by atoms with Crippen molar-refractivity contribution in [3.05, 3.63) is 34.1 Å². The number of halogens is 1. The van der Waals surface area contributed by atoms with E-state index in [0.29, 0.717) is 0 Å². The van der Waals surface area contributed by atoms with Crippen LogP contribution < -0.4 is 5.56 Å².